The summed E-state index contributed by atoms with van der Waals surface area (Å²) in [6, 6.07) is 0. The van der Waals surface area contributed by atoms with Crippen molar-refractivity contribution in [1.29, 1.82) is 0 Å². The molecule has 290 valence electrons. The standard InChI is InChI=1S/C44H78O6/c1-4-5-27-33-41-42(50-41)34-29-24-20-16-13-14-18-22-26-31-36-44(47)49-38-40(45)37-48-43(46)35-30-25-21-17-12-10-8-6-7-9-11-15-19-23-28-32-39(2)3/h13,16,18,22,24,29,39-42,45H,4-12,14-15,17,19-21,23,25-28,30-38H2,1-3H3/b16-13-,22-18-,29-24-/t40-,41?,42?/m1/s1. The maximum Gasteiger partial charge on any atom is 0.305 e. The van der Waals surface area contributed by atoms with Crippen molar-refractivity contribution in [3.05, 3.63) is 36.5 Å². The number of rotatable bonds is 36. The van der Waals surface area contributed by atoms with E-state index < -0.39 is 6.10 Å². The van der Waals surface area contributed by atoms with Crippen LogP contribution in [0.1, 0.15) is 194 Å². The highest BCUT2D eigenvalue weighted by Gasteiger charge is 2.36. The zero-order chi connectivity index (χ0) is 36.3. The van der Waals surface area contributed by atoms with Crippen LogP contribution in [0, 0.1) is 5.92 Å². The van der Waals surface area contributed by atoms with Crippen molar-refractivity contribution in [3.8, 4) is 0 Å². The lowest BCUT2D eigenvalue weighted by atomic mass is 10.0. The molecule has 1 N–H and O–H groups in total. The van der Waals surface area contributed by atoms with Gasteiger partial charge in [-0.3, -0.25) is 9.59 Å². The van der Waals surface area contributed by atoms with Crippen LogP contribution in [0.15, 0.2) is 36.5 Å². The predicted octanol–water partition coefficient (Wildman–Crippen LogP) is 12.1. The summed E-state index contributed by atoms with van der Waals surface area (Å²) in [5, 5.41) is 10.0. The first-order valence-electron chi connectivity index (χ1n) is 21.0. The van der Waals surface area contributed by atoms with Gasteiger partial charge < -0.3 is 19.3 Å². The van der Waals surface area contributed by atoms with Crippen molar-refractivity contribution in [2.45, 2.75) is 212 Å². The minimum absolute atomic E-state index is 0.134. The molecule has 0 aliphatic carbocycles. The molecule has 0 amide bonds. The monoisotopic (exact) mass is 703 g/mol. The van der Waals surface area contributed by atoms with E-state index in [0.717, 1.165) is 50.9 Å². The van der Waals surface area contributed by atoms with Gasteiger partial charge in [-0.25, -0.2) is 0 Å². The van der Waals surface area contributed by atoms with E-state index in [1.165, 1.54) is 109 Å². The quantitative estimate of drug-likeness (QED) is 0.0303. The van der Waals surface area contributed by atoms with Crippen LogP contribution in [-0.2, 0) is 23.8 Å². The smallest absolute Gasteiger partial charge is 0.305 e. The Kier molecular flexibility index (Phi) is 31.5. The van der Waals surface area contributed by atoms with Gasteiger partial charge in [-0.05, 0) is 50.9 Å². The van der Waals surface area contributed by atoms with Gasteiger partial charge in [0.15, 0.2) is 0 Å². The molecule has 0 spiro atoms. The number of unbranched alkanes of at least 4 members (excludes halogenated alkanes) is 17. The van der Waals surface area contributed by atoms with Crippen molar-refractivity contribution < 1.29 is 28.9 Å². The van der Waals surface area contributed by atoms with Crippen LogP contribution in [0.4, 0.5) is 0 Å². The highest BCUT2D eigenvalue weighted by Crippen LogP contribution is 2.30. The van der Waals surface area contributed by atoms with Crippen molar-refractivity contribution in [1.82, 2.24) is 0 Å². The summed E-state index contributed by atoms with van der Waals surface area (Å²) >= 11 is 0. The summed E-state index contributed by atoms with van der Waals surface area (Å²) in [4.78, 5) is 24.0. The number of carbonyl (C=O) groups is 2. The number of hydrogen-bond acceptors (Lipinski definition) is 6. The zero-order valence-electron chi connectivity index (χ0n) is 32.8. The molecule has 1 heterocycles. The summed E-state index contributed by atoms with van der Waals surface area (Å²) < 4.78 is 16.0. The lowest BCUT2D eigenvalue weighted by Crippen LogP contribution is -2.25. The Morgan fingerprint density at radius 1 is 0.600 bits per heavy atom. The molecular formula is C44H78O6. The second kappa shape index (κ2) is 34.2. The fraction of sp³-hybridized carbons (Fsp3) is 0.818. The Morgan fingerprint density at radius 2 is 1.08 bits per heavy atom. The van der Waals surface area contributed by atoms with Crippen LogP contribution in [0.3, 0.4) is 0 Å². The summed E-state index contributed by atoms with van der Waals surface area (Å²) in [5.41, 5.74) is 0. The Balaban J connectivity index is 1.83. The van der Waals surface area contributed by atoms with Gasteiger partial charge in [-0.15, -0.1) is 0 Å². The molecule has 0 radical (unpaired) electrons. The van der Waals surface area contributed by atoms with Gasteiger partial charge in [0.2, 0.25) is 0 Å². The molecule has 0 aromatic rings. The van der Waals surface area contributed by atoms with Crippen molar-refractivity contribution in [2.24, 2.45) is 5.92 Å². The van der Waals surface area contributed by atoms with E-state index >= 15 is 0 Å². The minimum Gasteiger partial charge on any atom is -0.463 e. The third kappa shape index (κ3) is 32.0. The van der Waals surface area contributed by atoms with Gasteiger partial charge in [0.05, 0.1) is 12.2 Å². The summed E-state index contributed by atoms with van der Waals surface area (Å²) in [6.07, 6.45) is 43.8. The Hall–Kier alpha value is -1.92. The summed E-state index contributed by atoms with van der Waals surface area (Å²) in [7, 11) is 0. The SMILES string of the molecule is CCCCCC1OC1C/C=C\C/C=C\C/C=C\CCCC(=O)OC[C@H](O)COC(=O)CCCCCCCCCCCCCCCCCC(C)C. The number of epoxide rings is 1. The van der Waals surface area contributed by atoms with Crippen molar-refractivity contribution >= 4 is 11.9 Å². The van der Waals surface area contributed by atoms with E-state index in [4.69, 9.17) is 14.2 Å². The van der Waals surface area contributed by atoms with E-state index in [1.807, 2.05) is 0 Å². The first-order valence-corrected chi connectivity index (χ1v) is 21.0. The molecule has 0 aromatic carbocycles. The maximum atomic E-state index is 12.0. The highest BCUT2D eigenvalue weighted by atomic mass is 16.6. The Labute approximate surface area is 308 Å². The van der Waals surface area contributed by atoms with Crippen LogP contribution in [-0.4, -0.2) is 48.6 Å². The maximum absolute atomic E-state index is 12.0. The molecule has 1 saturated heterocycles. The number of carbonyl (C=O) groups excluding carboxylic acids is 2. The van der Waals surface area contributed by atoms with Gasteiger partial charge in [0.1, 0.15) is 19.3 Å². The number of aliphatic hydroxyl groups is 1. The van der Waals surface area contributed by atoms with Crippen LogP contribution >= 0.6 is 0 Å². The molecule has 1 rings (SSSR count). The van der Waals surface area contributed by atoms with E-state index in [0.29, 0.717) is 31.5 Å². The van der Waals surface area contributed by atoms with E-state index in [9.17, 15) is 14.7 Å². The fourth-order valence-electron chi connectivity index (χ4n) is 6.18. The van der Waals surface area contributed by atoms with Gasteiger partial charge in [0.25, 0.3) is 0 Å². The van der Waals surface area contributed by atoms with Crippen LogP contribution in [0.25, 0.3) is 0 Å². The molecule has 1 fully saturated rings. The van der Waals surface area contributed by atoms with Crippen molar-refractivity contribution in [3.63, 3.8) is 0 Å². The minimum atomic E-state index is -0.988. The molecule has 50 heavy (non-hydrogen) atoms. The molecule has 0 aromatic heterocycles. The molecule has 1 aliphatic rings. The molecule has 6 nitrogen and oxygen atoms in total. The van der Waals surface area contributed by atoms with Crippen LogP contribution in [0.2, 0.25) is 0 Å². The fourth-order valence-corrected chi connectivity index (χ4v) is 6.18. The molecule has 6 heteroatoms. The topological polar surface area (TPSA) is 85.4 Å². The largest absolute Gasteiger partial charge is 0.463 e. The van der Waals surface area contributed by atoms with E-state index in [-0.39, 0.29) is 25.2 Å². The average molecular weight is 703 g/mol. The summed E-state index contributed by atoms with van der Waals surface area (Å²) in [6.45, 7) is 6.59. The van der Waals surface area contributed by atoms with Gasteiger partial charge >= 0.3 is 11.9 Å². The average Bonchev–Trinajstić information content (AvgIpc) is 3.85. The molecule has 2 unspecified atom stereocenters. The molecular weight excluding hydrogens is 624 g/mol. The molecule has 0 bridgehead atoms. The van der Waals surface area contributed by atoms with E-state index in [2.05, 4.69) is 57.2 Å². The number of hydrogen-bond donors (Lipinski definition) is 1. The predicted molar refractivity (Wildman–Crippen MR) is 209 cm³/mol. The lowest BCUT2D eigenvalue weighted by molar-refractivity contribution is -0.152. The molecule has 3 atom stereocenters. The Bertz CT molecular complexity index is 878. The molecule has 1 aliphatic heterocycles. The lowest BCUT2D eigenvalue weighted by Gasteiger charge is -2.12. The van der Waals surface area contributed by atoms with Gasteiger partial charge in [0, 0.05) is 12.8 Å². The van der Waals surface area contributed by atoms with E-state index in [1.54, 1.807) is 0 Å². The normalized spacial score (nSPS) is 16.7. The van der Waals surface area contributed by atoms with Crippen LogP contribution in [0.5, 0.6) is 0 Å². The van der Waals surface area contributed by atoms with Gasteiger partial charge in [-0.2, -0.15) is 0 Å². The number of ether oxygens (including phenoxy) is 3. The first kappa shape index (κ1) is 46.1. The molecule has 0 saturated carbocycles. The third-order valence-corrected chi connectivity index (χ3v) is 9.48. The first-order chi connectivity index (χ1) is 24.4. The second-order valence-corrected chi connectivity index (χ2v) is 15.0. The Morgan fingerprint density at radius 3 is 1.62 bits per heavy atom. The van der Waals surface area contributed by atoms with Crippen molar-refractivity contribution in [2.75, 3.05) is 13.2 Å². The number of esters is 2. The third-order valence-electron chi connectivity index (χ3n) is 9.48. The number of aliphatic hydroxyl groups excluding tert-OH is 1. The second-order valence-electron chi connectivity index (χ2n) is 15.0. The highest BCUT2D eigenvalue weighted by molar-refractivity contribution is 5.69. The van der Waals surface area contributed by atoms with Crippen LogP contribution < -0.4 is 0 Å². The zero-order valence-corrected chi connectivity index (χ0v) is 32.8. The summed E-state index contributed by atoms with van der Waals surface area (Å²) in [5.74, 6) is 0.223. The number of allylic oxidation sites excluding steroid dienone is 5. The van der Waals surface area contributed by atoms with Gasteiger partial charge in [-0.1, -0.05) is 173 Å².